The highest BCUT2D eigenvalue weighted by molar-refractivity contribution is 9.08. The lowest BCUT2D eigenvalue weighted by Crippen LogP contribution is -2.11. The van der Waals surface area contributed by atoms with Crippen molar-refractivity contribution in [3.63, 3.8) is 0 Å². The van der Waals surface area contributed by atoms with Crippen molar-refractivity contribution >= 4 is 15.9 Å². The average molecular weight is 383 g/mol. The van der Waals surface area contributed by atoms with Crippen LogP contribution in [-0.4, -0.2) is 0 Å². The number of benzene rings is 2. The van der Waals surface area contributed by atoms with Crippen molar-refractivity contribution in [1.29, 1.82) is 0 Å². The van der Waals surface area contributed by atoms with E-state index >= 15 is 0 Å². The van der Waals surface area contributed by atoms with Gasteiger partial charge in [-0.25, -0.2) is 0 Å². The molecule has 0 aliphatic heterocycles. The number of rotatable bonds is 2. The summed E-state index contributed by atoms with van der Waals surface area (Å²) in [6.07, 6.45) is -9.47. The van der Waals surface area contributed by atoms with Crippen LogP contribution in [0.3, 0.4) is 0 Å². The van der Waals surface area contributed by atoms with Crippen LogP contribution >= 0.6 is 15.9 Å². The first kappa shape index (κ1) is 16.9. The van der Waals surface area contributed by atoms with E-state index in [-0.39, 0.29) is 5.33 Å². The van der Waals surface area contributed by atoms with E-state index in [2.05, 4.69) is 15.9 Å². The lowest BCUT2D eigenvalue weighted by Gasteiger charge is -2.18. The van der Waals surface area contributed by atoms with Crippen LogP contribution in [0.4, 0.5) is 26.3 Å². The number of alkyl halides is 7. The molecular weight excluding hydrogens is 374 g/mol. The first-order valence-electron chi connectivity index (χ1n) is 6.07. The van der Waals surface area contributed by atoms with Crippen LogP contribution in [0.1, 0.15) is 16.7 Å². The van der Waals surface area contributed by atoms with Crippen LogP contribution in [-0.2, 0) is 17.7 Å². The Kier molecular flexibility index (Phi) is 4.56. The summed E-state index contributed by atoms with van der Waals surface area (Å²) in [5.74, 6) is 0. The SMILES string of the molecule is FC(F)(F)c1ccccc1-c1ccc(CBr)cc1C(F)(F)F. The second-order valence-electron chi connectivity index (χ2n) is 4.55. The molecule has 7 heteroatoms. The van der Waals surface area contributed by atoms with Crippen LogP contribution < -0.4 is 0 Å². The van der Waals surface area contributed by atoms with Gasteiger partial charge in [-0.05, 0) is 28.8 Å². The van der Waals surface area contributed by atoms with Gasteiger partial charge in [0.15, 0.2) is 0 Å². The molecule has 0 aliphatic rings. The van der Waals surface area contributed by atoms with Crippen molar-refractivity contribution in [2.45, 2.75) is 17.7 Å². The third kappa shape index (κ3) is 3.45. The summed E-state index contributed by atoms with van der Waals surface area (Å²) in [4.78, 5) is 0. The van der Waals surface area contributed by atoms with Crippen molar-refractivity contribution in [3.8, 4) is 11.1 Å². The Morgan fingerprint density at radius 1 is 0.727 bits per heavy atom. The molecule has 0 aliphatic carbocycles. The largest absolute Gasteiger partial charge is 0.417 e. The van der Waals surface area contributed by atoms with Gasteiger partial charge in [0.2, 0.25) is 0 Å². The van der Waals surface area contributed by atoms with E-state index in [0.29, 0.717) is 5.56 Å². The van der Waals surface area contributed by atoms with E-state index < -0.39 is 34.6 Å². The van der Waals surface area contributed by atoms with Gasteiger partial charge in [-0.1, -0.05) is 46.3 Å². The van der Waals surface area contributed by atoms with E-state index in [1.54, 1.807) is 0 Å². The van der Waals surface area contributed by atoms with Crippen LogP contribution in [0, 0.1) is 0 Å². The predicted octanol–water partition coefficient (Wildman–Crippen LogP) is 6.29. The zero-order valence-corrected chi connectivity index (χ0v) is 12.5. The van der Waals surface area contributed by atoms with Gasteiger partial charge in [0.1, 0.15) is 0 Å². The van der Waals surface area contributed by atoms with Crippen molar-refractivity contribution in [2.75, 3.05) is 0 Å². The fraction of sp³-hybridized carbons (Fsp3) is 0.200. The fourth-order valence-corrected chi connectivity index (χ4v) is 2.46. The maximum Gasteiger partial charge on any atom is 0.417 e. The molecule has 0 N–H and O–H groups in total. The van der Waals surface area contributed by atoms with Gasteiger partial charge in [-0.15, -0.1) is 0 Å². The van der Waals surface area contributed by atoms with E-state index in [4.69, 9.17) is 0 Å². The fourth-order valence-electron chi connectivity index (χ4n) is 2.11. The highest BCUT2D eigenvalue weighted by atomic mass is 79.9. The Hall–Kier alpha value is -1.50. The highest BCUT2D eigenvalue weighted by Crippen LogP contribution is 2.42. The second-order valence-corrected chi connectivity index (χ2v) is 5.12. The van der Waals surface area contributed by atoms with Gasteiger partial charge >= 0.3 is 12.4 Å². The molecule has 0 amide bonds. The zero-order chi connectivity index (χ0) is 16.5. The van der Waals surface area contributed by atoms with Gasteiger partial charge in [-0.3, -0.25) is 0 Å². The molecule has 0 heterocycles. The maximum atomic E-state index is 13.2. The first-order chi connectivity index (χ1) is 10.1. The lowest BCUT2D eigenvalue weighted by atomic mass is 9.93. The predicted molar refractivity (Wildman–Crippen MR) is 74.5 cm³/mol. The van der Waals surface area contributed by atoms with E-state index in [1.165, 1.54) is 12.1 Å². The van der Waals surface area contributed by atoms with Crippen LogP contribution in [0.5, 0.6) is 0 Å². The summed E-state index contributed by atoms with van der Waals surface area (Å²) in [6, 6.07) is 7.54. The maximum absolute atomic E-state index is 13.2. The van der Waals surface area contributed by atoms with E-state index in [9.17, 15) is 26.3 Å². The van der Waals surface area contributed by atoms with Gasteiger partial charge in [0.05, 0.1) is 11.1 Å². The molecule has 0 aromatic heterocycles. The number of halogens is 7. The molecule has 2 aromatic rings. The summed E-state index contributed by atoms with van der Waals surface area (Å²) in [5, 5.41) is 0.178. The molecule has 0 nitrogen and oxygen atoms in total. The molecule has 0 unspecified atom stereocenters. The highest BCUT2D eigenvalue weighted by Gasteiger charge is 2.38. The monoisotopic (exact) mass is 382 g/mol. The molecule has 2 aromatic carbocycles. The minimum Gasteiger partial charge on any atom is -0.166 e. The third-order valence-electron chi connectivity index (χ3n) is 3.07. The smallest absolute Gasteiger partial charge is 0.166 e. The molecule has 22 heavy (non-hydrogen) atoms. The summed E-state index contributed by atoms with van der Waals surface area (Å²) >= 11 is 3.04. The van der Waals surface area contributed by atoms with Crippen LogP contribution in [0.2, 0.25) is 0 Å². The Bertz CT molecular complexity index is 672. The Morgan fingerprint density at radius 2 is 1.27 bits per heavy atom. The van der Waals surface area contributed by atoms with Crippen molar-refractivity contribution in [3.05, 3.63) is 59.2 Å². The molecule has 0 atom stereocenters. The van der Waals surface area contributed by atoms with Crippen LogP contribution in [0.15, 0.2) is 42.5 Å². The first-order valence-corrected chi connectivity index (χ1v) is 7.19. The zero-order valence-electron chi connectivity index (χ0n) is 10.9. The molecule has 0 spiro atoms. The van der Waals surface area contributed by atoms with Crippen molar-refractivity contribution in [2.24, 2.45) is 0 Å². The van der Waals surface area contributed by atoms with Gasteiger partial charge in [-0.2, -0.15) is 26.3 Å². The lowest BCUT2D eigenvalue weighted by molar-refractivity contribution is -0.139. The van der Waals surface area contributed by atoms with Crippen LogP contribution in [0.25, 0.3) is 11.1 Å². The normalized spacial score (nSPS) is 12.5. The number of hydrogen-bond donors (Lipinski definition) is 0. The standard InChI is InChI=1S/C15H9BrF6/c16-8-9-5-6-11(13(7-9)15(20,21)22)10-3-1-2-4-12(10)14(17,18)19/h1-7H,8H2. The molecule has 0 bridgehead atoms. The Morgan fingerprint density at radius 3 is 1.82 bits per heavy atom. The molecular formula is C15H9BrF6. The van der Waals surface area contributed by atoms with Crippen molar-refractivity contribution < 1.29 is 26.3 Å². The summed E-state index contributed by atoms with van der Waals surface area (Å²) in [6.45, 7) is 0. The molecule has 0 radical (unpaired) electrons. The molecule has 118 valence electrons. The summed E-state index contributed by atoms with van der Waals surface area (Å²) in [5.41, 5.74) is -2.80. The topological polar surface area (TPSA) is 0 Å². The summed E-state index contributed by atoms with van der Waals surface area (Å²) in [7, 11) is 0. The van der Waals surface area contributed by atoms with Crippen molar-refractivity contribution in [1.82, 2.24) is 0 Å². The van der Waals surface area contributed by atoms with E-state index in [0.717, 1.165) is 30.3 Å². The minimum atomic E-state index is -4.74. The molecule has 0 fully saturated rings. The molecule has 0 saturated carbocycles. The quantitative estimate of drug-likeness (QED) is 0.423. The van der Waals surface area contributed by atoms with E-state index in [1.807, 2.05) is 0 Å². The average Bonchev–Trinajstić information content (AvgIpc) is 2.45. The Balaban J connectivity index is 2.74. The number of hydrogen-bond acceptors (Lipinski definition) is 0. The minimum absolute atomic E-state index is 0.178. The second kappa shape index (κ2) is 5.95. The molecule has 0 saturated heterocycles. The third-order valence-corrected chi connectivity index (χ3v) is 3.71. The van der Waals surface area contributed by atoms with Gasteiger partial charge in [0, 0.05) is 5.33 Å². The van der Waals surface area contributed by atoms with Gasteiger partial charge < -0.3 is 0 Å². The van der Waals surface area contributed by atoms with Gasteiger partial charge in [0.25, 0.3) is 0 Å². The molecule has 2 rings (SSSR count). The summed E-state index contributed by atoms with van der Waals surface area (Å²) < 4.78 is 78.6. The Labute approximate surface area is 130 Å².